The fourth-order valence-corrected chi connectivity index (χ4v) is 2.57. The average Bonchev–Trinajstić information content (AvgIpc) is 2.76. The topological polar surface area (TPSA) is 26.5 Å². The first kappa shape index (κ1) is 12.2. The number of methoxy groups -OCH3 is 1. The highest BCUT2D eigenvalue weighted by atomic mass is 79.9. The van der Waals surface area contributed by atoms with Crippen molar-refractivity contribution in [3.63, 3.8) is 0 Å². The van der Waals surface area contributed by atoms with Crippen LogP contribution in [0.15, 0.2) is 47.2 Å². The molecule has 1 aromatic carbocycles. The van der Waals surface area contributed by atoms with E-state index in [0.717, 1.165) is 27.3 Å². The van der Waals surface area contributed by atoms with E-state index in [2.05, 4.69) is 44.4 Å². The molecule has 0 aliphatic rings. The average molecular weight is 317 g/mol. The standard InChI is InChI=1S/C15H13BrN2O/c1-10-7-8-18-13(9-10)14(16)17-15(18)11-3-5-12(19-2)6-4-11/h3-9H,1-2H3. The number of imidazole rings is 1. The Hall–Kier alpha value is -1.81. The van der Waals surface area contributed by atoms with E-state index >= 15 is 0 Å². The summed E-state index contributed by atoms with van der Waals surface area (Å²) in [5.74, 6) is 1.77. The molecular formula is C15H13BrN2O. The second-order valence-electron chi connectivity index (χ2n) is 4.41. The third-order valence-electron chi connectivity index (χ3n) is 3.10. The second kappa shape index (κ2) is 4.70. The summed E-state index contributed by atoms with van der Waals surface area (Å²) in [6, 6.07) is 12.1. The second-order valence-corrected chi connectivity index (χ2v) is 5.17. The summed E-state index contributed by atoms with van der Waals surface area (Å²) >= 11 is 3.52. The number of aryl methyl sites for hydroxylation is 1. The molecule has 2 heterocycles. The van der Waals surface area contributed by atoms with Gasteiger partial charge in [0.1, 0.15) is 16.2 Å². The predicted molar refractivity (Wildman–Crippen MR) is 79.6 cm³/mol. The van der Waals surface area contributed by atoms with Crippen molar-refractivity contribution in [3.8, 4) is 17.1 Å². The van der Waals surface area contributed by atoms with Gasteiger partial charge < -0.3 is 4.74 Å². The minimum atomic E-state index is 0.847. The summed E-state index contributed by atoms with van der Waals surface area (Å²) in [6.45, 7) is 2.08. The van der Waals surface area contributed by atoms with Crippen molar-refractivity contribution in [3.05, 3.63) is 52.8 Å². The number of benzene rings is 1. The van der Waals surface area contributed by atoms with Crippen molar-refractivity contribution in [2.75, 3.05) is 7.11 Å². The van der Waals surface area contributed by atoms with E-state index < -0.39 is 0 Å². The minimum absolute atomic E-state index is 0.847. The molecule has 0 saturated carbocycles. The highest BCUT2D eigenvalue weighted by molar-refractivity contribution is 9.10. The highest BCUT2D eigenvalue weighted by Crippen LogP contribution is 2.27. The van der Waals surface area contributed by atoms with Crippen LogP contribution < -0.4 is 4.74 Å². The zero-order valence-electron chi connectivity index (χ0n) is 10.7. The maximum Gasteiger partial charge on any atom is 0.145 e. The Balaban J connectivity index is 2.19. The number of rotatable bonds is 2. The molecule has 0 radical (unpaired) electrons. The Bertz CT molecular complexity index is 732. The molecule has 96 valence electrons. The molecular weight excluding hydrogens is 304 g/mol. The molecule has 0 unspecified atom stereocenters. The van der Waals surface area contributed by atoms with Crippen LogP contribution in [0.5, 0.6) is 5.75 Å². The summed E-state index contributed by atoms with van der Waals surface area (Å²) in [5, 5.41) is 0. The van der Waals surface area contributed by atoms with Crippen molar-refractivity contribution < 1.29 is 4.74 Å². The van der Waals surface area contributed by atoms with Crippen LogP contribution in [0.3, 0.4) is 0 Å². The lowest BCUT2D eigenvalue weighted by Crippen LogP contribution is -1.90. The van der Waals surface area contributed by atoms with Crippen LogP contribution in [-0.4, -0.2) is 16.5 Å². The van der Waals surface area contributed by atoms with Gasteiger partial charge in [-0.05, 0) is 64.8 Å². The maximum absolute atomic E-state index is 5.18. The van der Waals surface area contributed by atoms with E-state index in [-0.39, 0.29) is 0 Å². The van der Waals surface area contributed by atoms with Crippen LogP contribution in [0.4, 0.5) is 0 Å². The van der Waals surface area contributed by atoms with E-state index in [1.807, 2.05) is 30.5 Å². The first-order valence-electron chi connectivity index (χ1n) is 5.97. The molecule has 4 heteroatoms. The summed E-state index contributed by atoms with van der Waals surface area (Å²) in [6.07, 6.45) is 2.04. The first-order chi connectivity index (χ1) is 9.19. The van der Waals surface area contributed by atoms with Gasteiger partial charge in [0.25, 0.3) is 0 Å². The number of aromatic nitrogens is 2. The van der Waals surface area contributed by atoms with Gasteiger partial charge >= 0.3 is 0 Å². The monoisotopic (exact) mass is 316 g/mol. The highest BCUT2D eigenvalue weighted by Gasteiger charge is 2.10. The predicted octanol–water partition coefficient (Wildman–Crippen LogP) is 4.08. The molecule has 0 aliphatic heterocycles. The lowest BCUT2D eigenvalue weighted by atomic mass is 10.2. The van der Waals surface area contributed by atoms with Gasteiger partial charge in [0.15, 0.2) is 0 Å². The number of fused-ring (bicyclic) bond motifs is 1. The fraction of sp³-hybridized carbons (Fsp3) is 0.133. The molecule has 0 saturated heterocycles. The molecule has 0 amide bonds. The zero-order chi connectivity index (χ0) is 13.4. The summed E-state index contributed by atoms with van der Waals surface area (Å²) in [5.41, 5.74) is 3.35. The van der Waals surface area contributed by atoms with Crippen LogP contribution in [-0.2, 0) is 0 Å². The third-order valence-corrected chi connectivity index (χ3v) is 3.69. The summed E-state index contributed by atoms with van der Waals surface area (Å²) in [4.78, 5) is 4.60. The van der Waals surface area contributed by atoms with E-state index in [9.17, 15) is 0 Å². The van der Waals surface area contributed by atoms with Gasteiger partial charge in [0, 0.05) is 11.8 Å². The fourth-order valence-electron chi connectivity index (χ4n) is 2.10. The normalized spacial score (nSPS) is 10.9. The van der Waals surface area contributed by atoms with Crippen LogP contribution in [0.1, 0.15) is 5.56 Å². The smallest absolute Gasteiger partial charge is 0.145 e. The van der Waals surface area contributed by atoms with Crippen molar-refractivity contribution in [2.45, 2.75) is 6.92 Å². The molecule has 2 aromatic heterocycles. The van der Waals surface area contributed by atoms with Gasteiger partial charge in [0.2, 0.25) is 0 Å². The Morgan fingerprint density at radius 2 is 1.89 bits per heavy atom. The Morgan fingerprint density at radius 1 is 1.16 bits per heavy atom. The maximum atomic E-state index is 5.18. The Morgan fingerprint density at radius 3 is 2.58 bits per heavy atom. The lowest BCUT2D eigenvalue weighted by molar-refractivity contribution is 0.415. The van der Waals surface area contributed by atoms with Crippen LogP contribution in [0.2, 0.25) is 0 Å². The molecule has 19 heavy (non-hydrogen) atoms. The number of hydrogen-bond acceptors (Lipinski definition) is 2. The molecule has 3 nitrogen and oxygen atoms in total. The van der Waals surface area contributed by atoms with Gasteiger partial charge in [-0.15, -0.1) is 0 Å². The van der Waals surface area contributed by atoms with E-state index in [1.54, 1.807) is 7.11 Å². The van der Waals surface area contributed by atoms with Crippen LogP contribution in [0, 0.1) is 6.92 Å². The van der Waals surface area contributed by atoms with Crippen molar-refractivity contribution in [1.82, 2.24) is 9.38 Å². The molecule has 0 atom stereocenters. The lowest BCUT2D eigenvalue weighted by Gasteiger charge is -2.03. The largest absolute Gasteiger partial charge is 0.497 e. The molecule has 3 aromatic rings. The Labute approximate surface area is 120 Å². The Kier molecular flexibility index (Phi) is 3.03. The summed E-state index contributed by atoms with van der Waals surface area (Å²) < 4.78 is 8.12. The molecule has 0 spiro atoms. The first-order valence-corrected chi connectivity index (χ1v) is 6.77. The van der Waals surface area contributed by atoms with E-state index in [4.69, 9.17) is 4.74 Å². The van der Waals surface area contributed by atoms with Crippen molar-refractivity contribution >= 4 is 21.4 Å². The third kappa shape index (κ3) is 2.12. The number of ether oxygens (including phenoxy) is 1. The van der Waals surface area contributed by atoms with E-state index in [0.29, 0.717) is 0 Å². The molecule has 3 rings (SSSR count). The van der Waals surface area contributed by atoms with Gasteiger partial charge in [-0.2, -0.15) is 0 Å². The van der Waals surface area contributed by atoms with Crippen molar-refractivity contribution in [2.24, 2.45) is 0 Å². The van der Waals surface area contributed by atoms with Gasteiger partial charge in [-0.3, -0.25) is 4.40 Å². The molecule has 0 fully saturated rings. The number of halogens is 1. The van der Waals surface area contributed by atoms with Crippen LogP contribution in [0.25, 0.3) is 16.9 Å². The molecule has 0 bridgehead atoms. The van der Waals surface area contributed by atoms with Gasteiger partial charge in [0.05, 0.1) is 12.6 Å². The van der Waals surface area contributed by atoms with Crippen molar-refractivity contribution in [1.29, 1.82) is 0 Å². The van der Waals surface area contributed by atoms with E-state index in [1.165, 1.54) is 5.56 Å². The number of nitrogens with zero attached hydrogens (tertiary/aromatic N) is 2. The van der Waals surface area contributed by atoms with Crippen LogP contribution >= 0.6 is 15.9 Å². The minimum Gasteiger partial charge on any atom is -0.497 e. The summed E-state index contributed by atoms with van der Waals surface area (Å²) in [7, 11) is 1.67. The molecule has 0 aliphatic carbocycles. The quantitative estimate of drug-likeness (QED) is 0.712. The number of hydrogen-bond donors (Lipinski definition) is 0. The number of pyridine rings is 1. The molecule has 0 N–H and O–H groups in total. The SMILES string of the molecule is COc1ccc(-c2nc(Br)c3cc(C)ccn23)cc1. The van der Waals surface area contributed by atoms with Gasteiger partial charge in [-0.1, -0.05) is 0 Å². The van der Waals surface area contributed by atoms with Gasteiger partial charge in [-0.25, -0.2) is 4.98 Å². The zero-order valence-corrected chi connectivity index (χ0v) is 12.3.